The van der Waals surface area contributed by atoms with Gasteiger partial charge in [0, 0.05) is 38.6 Å². The zero-order valence-corrected chi connectivity index (χ0v) is 17.1. The molecule has 1 aromatic heterocycles. The van der Waals surface area contributed by atoms with Crippen molar-refractivity contribution < 1.29 is 22.7 Å². The lowest BCUT2D eigenvalue weighted by molar-refractivity contribution is 0.0943. The van der Waals surface area contributed by atoms with Crippen LogP contribution in [0.15, 0.2) is 47.4 Å². The molecule has 8 nitrogen and oxygen atoms in total. The number of amides is 1. The number of sulfonamides is 1. The van der Waals surface area contributed by atoms with E-state index in [1.54, 1.807) is 35.9 Å². The summed E-state index contributed by atoms with van der Waals surface area (Å²) >= 11 is 0. The van der Waals surface area contributed by atoms with Crippen LogP contribution in [0.3, 0.4) is 0 Å². The van der Waals surface area contributed by atoms with Crippen molar-refractivity contribution in [1.82, 2.24) is 14.2 Å². The number of nitrogens with zero attached hydrogens (tertiary/aromatic N) is 2. The molecule has 0 unspecified atom stereocenters. The number of benzene rings is 2. The molecule has 2 aromatic carbocycles. The lowest BCUT2D eigenvalue weighted by atomic mass is 10.2. The fourth-order valence-corrected chi connectivity index (χ4v) is 4.18. The highest BCUT2D eigenvalue weighted by Gasteiger charge is 2.20. The Labute approximate surface area is 168 Å². The fourth-order valence-electron chi connectivity index (χ4n) is 3.24. The molecule has 0 aliphatic carbocycles. The molecule has 0 atom stereocenters. The molecule has 152 valence electrons. The van der Waals surface area contributed by atoms with Gasteiger partial charge in [-0.1, -0.05) is 6.07 Å². The smallest absolute Gasteiger partial charge is 0.268 e. The van der Waals surface area contributed by atoms with Crippen LogP contribution in [0.2, 0.25) is 0 Å². The number of aromatic nitrogens is 1. The first-order valence-corrected chi connectivity index (χ1v) is 10.4. The maximum Gasteiger partial charge on any atom is 0.268 e. The molecule has 0 spiro atoms. The minimum absolute atomic E-state index is 0.188. The number of aryl methyl sites for hydroxylation is 1. The lowest BCUT2D eigenvalue weighted by Gasteiger charge is -2.11. The Morgan fingerprint density at radius 2 is 1.86 bits per heavy atom. The molecule has 0 saturated heterocycles. The number of ether oxygens (including phenoxy) is 2. The van der Waals surface area contributed by atoms with E-state index in [2.05, 4.69) is 5.32 Å². The highest BCUT2D eigenvalue weighted by atomic mass is 32.2. The molecule has 1 amide bonds. The van der Waals surface area contributed by atoms with Gasteiger partial charge < -0.3 is 19.4 Å². The highest BCUT2D eigenvalue weighted by Crippen LogP contribution is 2.32. The molecule has 1 N–H and O–H groups in total. The fraction of sp³-hybridized carbons (Fsp3) is 0.250. The van der Waals surface area contributed by atoms with E-state index in [0.29, 0.717) is 29.1 Å². The molecule has 0 saturated carbocycles. The summed E-state index contributed by atoms with van der Waals surface area (Å²) in [6, 6.07) is 12.0. The Kier molecular flexibility index (Phi) is 4.71. The summed E-state index contributed by atoms with van der Waals surface area (Å²) < 4.78 is 38.3. The quantitative estimate of drug-likeness (QED) is 0.689. The SMILES string of the molecule is CN(C)S(=O)(=O)c1ccc2c(c1)cc(C(=O)NCc1ccc3c(c1)OCO3)n2C. The van der Waals surface area contributed by atoms with E-state index >= 15 is 0 Å². The Morgan fingerprint density at radius 3 is 2.62 bits per heavy atom. The normalized spacial score (nSPS) is 13.2. The Morgan fingerprint density at radius 1 is 1.10 bits per heavy atom. The predicted octanol–water partition coefficient (Wildman–Crippen LogP) is 2.09. The minimum Gasteiger partial charge on any atom is -0.454 e. The van der Waals surface area contributed by atoms with Gasteiger partial charge in [-0.15, -0.1) is 0 Å². The number of nitrogens with one attached hydrogen (secondary N) is 1. The average molecular weight is 415 g/mol. The molecule has 1 aliphatic rings. The highest BCUT2D eigenvalue weighted by molar-refractivity contribution is 7.89. The van der Waals surface area contributed by atoms with Gasteiger partial charge in [-0.2, -0.15) is 0 Å². The van der Waals surface area contributed by atoms with Gasteiger partial charge in [-0.05, 0) is 42.0 Å². The first kappa shape index (κ1) is 19.3. The van der Waals surface area contributed by atoms with Gasteiger partial charge in [0.2, 0.25) is 16.8 Å². The Hall–Kier alpha value is -3.04. The van der Waals surface area contributed by atoms with Crippen LogP contribution in [0, 0.1) is 0 Å². The van der Waals surface area contributed by atoms with Gasteiger partial charge in [0.15, 0.2) is 11.5 Å². The second-order valence-electron chi connectivity index (χ2n) is 6.97. The molecule has 4 rings (SSSR count). The van der Waals surface area contributed by atoms with Crippen molar-refractivity contribution in [1.29, 1.82) is 0 Å². The summed E-state index contributed by atoms with van der Waals surface area (Å²) in [5.41, 5.74) is 2.11. The molecule has 0 radical (unpaired) electrons. The number of carbonyl (C=O) groups is 1. The maximum absolute atomic E-state index is 12.7. The van der Waals surface area contributed by atoms with Crippen molar-refractivity contribution >= 4 is 26.8 Å². The number of fused-ring (bicyclic) bond motifs is 2. The monoisotopic (exact) mass is 415 g/mol. The van der Waals surface area contributed by atoms with Crippen LogP contribution in [0.25, 0.3) is 10.9 Å². The van der Waals surface area contributed by atoms with Gasteiger partial charge >= 0.3 is 0 Å². The number of carbonyl (C=O) groups excluding carboxylic acids is 1. The average Bonchev–Trinajstić information content (AvgIpc) is 3.29. The van der Waals surface area contributed by atoms with E-state index in [1.165, 1.54) is 14.1 Å². The van der Waals surface area contributed by atoms with E-state index in [9.17, 15) is 13.2 Å². The van der Waals surface area contributed by atoms with Crippen LogP contribution in [-0.4, -0.2) is 44.1 Å². The van der Waals surface area contributed by atoms with E-state index in [4.69, 9.17) is 9.47 Å². The van der Waals surface area contributed by atoms with Crippen molar-refractivity contribution in [2.24, 2.45) is 7.05 Å². The number of hydrogen-bond donors (Lipinski definition) is 1. The summed E-state index contributed by atoms with van der Waals surface area (Å²) in [5, 5.41) is 3.57. The van der Waals surface area contributed by atoms with Gasteiger partial charge in [0.05, 0.1) is 4.90 Å². The standard InChI is InChI=1S/C20H21N3O5S/c1-22(2)29(25,26)15-5-6-16-14(9-15)10-17(23(16)3)20(24)21-11-13-4-7-18-19(8-13)28-12-27-18/h4-10H,11-12H2,1-3H3,(H,21,24). The molecule has 9 heteroatoms. The first-order chi connectivity index (χ1) is 13.8. The van der Waals surface area contributed by atoms with E-state index < -0.39 is 10.0 Å². The summed E-state index contributed by atoms with van der Waals surface area (Å²) in [6.45, 7) is 0.532. The minimum atomic E-state index is -3.54. The van der Waals surface area contributed by atoms with Crippen molar-refractivity contribution in [2.45, 2.75) is 11.4 Å². The zero-order chi connectivity index (χ0) is 20.8. The summed E-state index contributed by atoms with van der Waals surface area (Å²) in [4.78, 5) is 12.9. The third-order valence-corrected chi connectivity index (χ3v) is 6.73. The molecular weight excluding hydrogens is 394 g/mol. The number of rotatable bonds is 5. The number of hydrogen-bond acceptors (Lipinski definition) is 5. The van der Waals surface area contributed by atoms with Crippen molar-refractivity contribution in [3.8, 4) is 11.5 Å². The molecule has 2 heterocycles. The molecule has 0 bridgehead atoms. The van der Waals surface area contributed by atoms with Crippen molar-refractivity contribution in [3.05, 3.63) is 53.7 Å². The molecule has 1 aliphatic heterocycles. The van der Waals surface area contributed by atoms with Crippen molar-refractivity contribution in [2.75, 3.05) is 20.9 Å². The van der Waals surface area contributed by atoms with Crippen LogP contribution < -0.4 is 14.8 Å². The molecule has 3 aromatic rings. The predicted molar refractivity (Wildman–Crippen MR) is 108 cm³/mol. The Balaban J connectivity index is 1.57. The molecule has 0 fully saturated rings. The maximum atomic E-state index is 12.7. The van der Waals surface area contributed by atoms with E-state index in [-0.39, 0.29) is 17.6 Å². The first-order valence-electron chi connectivity index (χ1n) is 8.96. The van der Waals surface area contributed by atoms with Gasteiger partial charge in [0.25, 0.3) is 5.91 Å². The van der Waals surface area contributed by atoms with Crippen LogP contribution in [0.4, 0.5) is 0 Å². The summed E-state index contributed by atoms with van der Waals surface area (Å²) in [6.07, 6.45) is 0. The lowest BCUT2D eigenvalue weighted by Crippen LogP contribution is -2.24. The van der Waals surface area contributed by atoms with E-state index in [1.807, 2.05) is 18.2 Å². The van der Waals surface area contributed by atoms with Gasteiger partial charge in [-0.25, -0.2) is 12.7 Å². The second kappa shape index (κ2) is 7.09. The topological polar surface area (TPSA) is 89.9 Å². The Bertz CT molecular complexity index is 1210. The third-order valence-electron chi connectivity index (χ3n) is 4.92. The van der Waals surface area contributed by atoms with Crippen LogP contribution in [0.1, 0.15) is 16.1 Å². The summed E-state index contributed by atoms with van der Waals surface area (Å²) in [5.74, 6) is 1.10. The zero-order valence-electron chi connectivity index (χ0n) is 16.3. The molecular formula is C20H21N3O5S. The van der Waals surface area contributed by atoms with Crippen molar-refractivity contribution in [3.63, 3.8) is 0 Å². The largest absolute Gasteiger partial charge is 0.454 e. The van der Waals surface area contributed by atoms with Crippen LogP contribution >= 0.6 is 0 Å². The van der Waals surface area contributed by atoms with Crippen LogP contribution in [0.5, 0.6) is 11.5 Å². The van der Waals surface area contributed by atoms with E-state index in [0.717, 1.165) is 15.4 Å². The second-order valence-corrected chi connectivity index (χ2v) is 9.12. The van der Waals surface area contributed by atoms with Gasteiger partial charge in [-0.3, -0.25) is 4.79 Å². The third kappa shape index (κ3) is 3.43. The summed E-state index contributed by atoms with van der Waals surface area (Å²) in [7, 11) is 1.20. The molecule has 29 heavy (non-hydrogen) atoms. The van der Waals surface area contributed by atoms with Gasteiger partial charge in [0.1, 0.15) is 5.69 Å². The van der Waals surface area contributed by atoms with Crippen LogP contribution in [-0.2, 0) is 23.6 Å².